The van der Waals surface area contributed by atoms with Gasteiger partial charge in [0.25, 0.3) is 5.91 Å². The second-order valence-corrected chi connectivity index (χ2v) is 3.99. The summed E-state index contributed by atoms with van der Waals surface area (Å²) < 4.78 is 4.80. The molecule has 2 amide bonds. The Labute approximate surface area is 118 Å². The van der Waals surface area contributed by atoms with Crippen LogP contribution < -0.4 is 16.0 Å². The number of hydrogen-bond acceptors (Lipinski definition) is 5. The molecule has 0 bridgehead atoms. The predicted molar refractivity (Wildman–Crippen MR) is 75.6 cm³/mol. The Morgan fingerprint density at radius 1 is 1.30 bits per heavy atom. The highest BCUT2D eigenvalue weighted by Gasteiger charge is 2.08. The molecular formula is C13H20N4O3. The molecule has 1 aromatic rings. The van der Waals surface area contributed by atoms with Crippen LogP contribution in [0.4, 0.5) is 5.69 Å². The first kappa shape index (κ1) is 15.9. The third kappa shape index (κ3) is 5.66. The lowest BCUT2D eigenvalue weighted by molar-refractivity contribution is -0.120. The van der Waals surface area contributed by atoms with Crippen LogP contribution in [0.1, 0.15) is 17.4 Å². The maximum atomic E-state index is 11.7. The third-order valence-corrected chi connectivity index (χ3v) is 2.41. The Morgan fingerprint density at radius 2 is 2.10 bits per heavy atom. The number of nitrogens with one attached hydrogen (secondary N) is 3. The highest BCUT2D eigenvalue weighted by Crippen LogP contribution is 2.05. The van der Waals surface area contributed by atoms with Crippen molar-refractivity contribution in [3.63, 3.8) is 0 Å². The maximum Gasteiger partial charge on any atom is 0.270 e. The zero-order valence-electron chi connectivity index (χ0n) is 11.7. The Morgan fingerprint density at radius 3 is 2.70 bits per heavy atom. The number of methoxy groups -OCH3 is 1. The van der Waals surface area contributed by atoms with Crippen LogP contribution in [-0.4, -0.2) is 50.1 Å². The first-order chi connectivity index (χ1) is 9.67. The van der Waals surface area contributed by atoms with Crippen molar-refractivity contribution in [1.82, 2.24) is 15.6 Å². The van der Waals surface area contributed by atoms with E-state index < -0.39 is 0 Å². The minimum atomic E-state index is -0.380. The van der Waals surface area contributed by atoms with Crippen LogP contribution in [0, 0.1) is 0 Å². The Hall–Kier alpha value is -2.15. The van der Waals surface area contributed by atoms with Gasteiger partial charge in [-0.15, -0.1) is 0 Å². The molecule has 0 fully saturated rings. The van der Waals surface area contributed by atoms with Crippen molar-refractivity contribution in [3.05, 3.63) is 24.0 Å². The summed E-state index contributed by atoms with van der Waals surface area (Å²) in [5.41, 5.74) is 1.12. The van der Waals surface area contributed by atoms with E-state index in [9.17, 15) is 9.59 Å². The highest BCUT2D eigenvalue weighted by atomic mass is 16.5. The molecule has 0 aliphatic heterocycles. The number of hydrogen-bond donors (Lipinski definition) is 3. The number of nitrogens with zero attached hydrogens (tertiary/aromatic N) is 1. The largest absolute Gasteiger partial charge is 0.384 e. The number of carbonyl (C=O) groups is 2. The molecule has 7 nitrogen and oxygen atoms in total. The molecule has 0 saturated heterocycles. The van der Waals surface area contributed by atoms with E-state index in [0.29, 0.717) is 13.2 Å². The van der Waals surface area contributed by atoms with E-state index in [4.69, 9.17) is 4.74 Å². The summed E-state index contributed by atoms with van der Waals surface area (Å²) >= 11 is 0. The van der Waals surface area contributed by atoms with Gasteiger partial charge in [0.05, 0.1) is 25.0 Å². The van der Waals surface area contributed by atoms with Crippen LogP contribution in [0.15, 0.2) is 18.3 Å². The number of rotatable bonds is 8. The number of aromatic nitrogens is 1. The highest BCUT2D eigenvalue weighted by molar-refractivity contribution is 5.94. The van der Waals surface area contributed by atoms with Crippen molar-refractivity contribution in [3.8, 4) is 0 Å². The van der Waals surface area contributed by atoms with E-state index in [0.717, 1.165) is 12.2 Å². The van der Waals surface area contributed by atoms with Crippen LogP contribution in [0.25, 0.3) is 0 Å². The van der Waals surface area contributed by atoms with E-state index in [1.807, 2.05) is 6.92 Å². The average molecular weight is 280 g/mol. The van der Waals surface area contributed by atoms with Gasteiger partial charge in [0.2, 0.25) is 5.91 Å². The van der Waals surface area contributed by atoms with Crippen LogP contribution in [0.2, 0.25) is 0 Å². The van der Waals surface area contributed by atoms with Gasteiger partial charge >= 0.3 is 0 Å². The summed E-state index contributed by atoms with van der Waals surface area (Å²) in [6.07, 6.45) is 1.58. The van der Waals surface area contributed by atoms with E-state index in [1.165, 1.54) is 0 Å². The number of carbonyl (C=O) groups excluding carboxylic acids is 2. The second-order valence-electron chi connectivity index (χ2n) is 3.99. The predicted octanol–water partition coefficient (Wildman–Crippen LogP) is 0.00580. The fourth-order valence-electron chi connectivity index (χ4n) is 1.44. The second kappa shape index (κ2) is 8.87. The van der Waals surface area contributed by atoms with E-state index in [2.05, 4.69) is 20.9 Å². The molecule has 110 valence electrons. The molecule has 0 unspecified atom stereocenters. The van der Waals surface area contributed by atoms with Crippen molar-refractivity contribution < 1.29 is 14.3 Å². The molecule has 0 aromatic carbocycles. The van der Waals surface area contributed by atoms with Gasteiger partial charge in [-0.25, -0.2) is 4.98 Å². The minimum Gasteiger partial charge on any atom is -0.384 e. The Kier molecular flexibility index (Phi) is 7.05. The third-order valence-electron chi connectivity index (χ3n) is 2.41. The summed E-state index contributed by atoms with van der Waals surface area (Å²) in [7, 11) is 1.55. The molecule has 1 heterocycles. The van der Waals surface area contributed by atoms with Gasteiger partial charge in [0, 0.05) is 20.2 Å². The number of pyridine rings is 1. The molecule has 0 spiro atoms. The van der Waals surface area contributed by atoms with Crippen molar-refractivity contribution in [2.24, 2.45) is 0 Å². The van der Waals surface area contributed by atoms with Crippen molar-refractivity contribution in [2.75, 3.05) is 38.7 Å². The maximum absolute atomic E-state index is 11.7. The lowest BCUT2D eigenvalue weighted by atomic mass is 10.3. The first-order valence-corrected chi connectivity index (χ1v) is 6.41. The number of anilines is 1. The van der Waals surface area contributed by atoms with E-state index in [-0.39, 0.29) is 24.1 Å². The molecule has 0 aliphatic rings. The summed E-state index contributed by atoms with van der Waals surface area (Å²) in [4.78, 5) is 27.2. The molecule has 7 heteroatoms. The standard InChI is InChI=1S/C13H20N4O3/c1-3-14-10-4-5-11(16-8-10)13(19)17-9-12(18)15-6-7-20-2/h4-5,8,14H,3,6-7,9H2,1-2H3,(H,15,18)(H,17,19). The number of ether oxygens (including phenoxy) is 1. The molecule has 0 radical (unpaired) electrons. The average Bonchev–Trinajstić information content (AvgIpc) is 2.46. The molecule has 0 atom stereocenters. The summed E-state index contributed by atoms with van der Waals surface area (Å²) in [6.45, 7) is 3.53. The number of amides is 2. The van der Waals surface area contributed by atoms with Crippen molar-refractivity contribution in [1.29, 1.82) is 0 Å². The fourth-order valence-corrected chi connectivity index (χ4v) is 1.44. The Balaban J connectivity index is 2.36. The zero-order valence-corrected chi connectivity index (χ0v) is 11.7. The molecule has 20 heavy (non-hydrogen) atoms. The molecule has 0 saturated carbocycles. The van der Waals surface area contributed by atoms with Gasteiger partial charge in [-0.05, 0) is 19.1 Å². The Bertz CT molecular complexity index is 434. The molecule has 3 N–H and O–H groups in total. The van der Waals surface area contributed by atoms with Crippen LogP contribution in [-0.2, 0) is 9.53 Å². The first-order valence-electron chi connectivity index (χ1n) is 6.41. The van der Waals surface area contributed by atoms with Crippen LogP contribution >= 0.6 is 0 Å². The topological polar surface area (TPSA) is 92.4 Å². The van der Waals surface area contributed by atoms with Crippen LogP contribution in [0.5, 0.6) is 0 Å². The summed E-state index contributed by atoms with van der Waals surface area (Å²) in [5.74, 6) is -0.644. The SMILES string of the molecule is CCNc1ccc(C(=O)NCC(=O)NCCOC)nc1. The minimum absolute atomic E-state index is 0.0841. The van der Waals surface area contributed by atoms with Crippen LogP contribution in [0.3, 0.4) is 0 Å². The van der Waals surface area contributed by atoms with Gasteiger partial charge in [0.1, 0.15) is 5.69 Å². The summed E-state index contributed by atoms with van der Waals surface area (Å²) in [5, 5.41) is 8.19. The zero-order chi connectivity index (χ0) is 14.8. The van der Waals surface area contributed by atoms with Gasteiger partial charge in [0.15, 0.2) is 0 Å². The summed E-state index contributed by atoms with van der Waals surface area (Å²) in [6, 6.07) is 3.38. The normalized spacial score (nSPS) is 9.90. The van der Waals surface area contributed by atoms with Gasteiger partial charge in [-0.2, -0.15) is 0 Å². The van der Waals surface area contributed by atoms with Gasteiger partial charge < -0.3 is 20.7 Å². The fraction of sp³-hybridized carbons (Fsp3) is 0.462. The van der Waals surface area contributed by atoms with E-state index in [1.54, 1.807) is 25.4 Å². The van der Waals surface area contributed by atoms with Gasteiger partial charge in [-0.1, -0.05) is 0 Å². The lowest BCUT2D eigenvalue weighted by Crippen LogP contribution is -2.38. The molecule has 1 rings (SSSR count). The van der Waals surface area contributed by atoms with Crippen molar-refractivity contribution >= 4 is 17.5 Å². The van der Waals surface area contributed by atoms with Crippen molar-refractivity contribution in [2.45, 2.75) is 6.92 Å². The smallest absolute Gasteiger partial charge is 0.270 e. The quantitative estimate of drug-likeness (QED) is 0.583. The monoisotopic (exact) mass is 280 g/mol. The molecule has 1 aromatic heterocycles. The van der Waals surface area contributed by atoms with Gasteiger partial charge in [-0.3, -0.25) is 9.59 Å². The van der Waals surface area contributed by atoms with E-state index >= 15 is 0 Å². The molecule has 0 aliphatic carbocycles. The molecular weight excluding hydrogens is 260 g/mol. The lowest BCUT2D eigenvalue weighted by Gasteiger charge is -2.07.